The molecule has 0 spiro atoms. The van der Waals surface area contributed by atoms with Gasteiger partial charge in [-0.05, 0) is 48.4 Å². The van der Waals surface area contributed by atoms with E-state index in [0.29, 0.717) is 5.02 Å². The fourth-order valence-corrected chi connectivity index (χ4v) is 3.95. The lowest BCUT2D eigenvalue weighted by Crippen LogP contribution is -2.46. The SMILES string of the molecule is CC(C)[C@H](NC(=O)c1ccccc1Cl)C(=O)OCC(=O)N[C@@H]1CCCc2ccccc21. The first-order valence-corrected chi connectivity index (χ1v) is 10.8. The highest BCUT2D eigenvalue weighted by molar-refractivity contribution is 6.33. The number of esters is 1. The molecular formula is C24H27ClN2O4. The van der Waals surface area contributed by atoms with Gasteiger partial charge in [-0.2, -0.15) is 0 Å². The summed E-state index contributed by atoms with van der Waals surface area (Å²) < 4.78 is 5.23. The van der Waals surface area contributed by atoms with Crippen LogP contribution in [0.25, 0.3) is 0 Å². The van der Waals surface area contributed by atoms with Crippen molar-refractivity contribution in [3.8, 4) is 0 Å². The second-order valence-corrected chi connectivity index (χ2v) is 8.40. The first-order valence-electron chi connectivity index (χ1n) is 10.5. The summed E-state index contributed by atoms with van der Waals surface area (Å²) in [7, 11) is 0. The topological polar surface area (TPSA) is 84.5 Å². The Hall–Kier alpha value is -2.86. The fourth-order valence-electron chi connectivity index (χ4n) is 3.73. The molecule has 0 fully saturated rings. The van der Waals surface area contributed by atoms with Crippen LogP contribution in [0.4, 0.5) is 0 Å². The number of ether oxygens (including phenoxy) is 1. The van der Waals surface area contributed by atoms with Crippen molar-refractivity contribution >= 4 is 29.4 Å². The zero-order valence-corrected chi connectivity index (χ0v) is 18.4. The molecule has 2 amide bonds. The van der Waals surface area contributed by atoms with E-state index in [1.54, 1.807) is 38.1 Å². The summed E-state index contributed by atoms with van der Waals surface area (Å²) >= 11 is 6.06. The minimum atomic E-state index is -0.896. The molecule has 0 aliphatic heterocycles. The quantitative estimate of drug-likeness (QED) is 0.638. The lowest BCUT2D eigenvalue weighted by Gasteiger charge is -2.26. The molecule has 0 saturated heterocycles. The van der Waals surface area contributed by atoms with E-state index in [9.17, 15) is 14.4 Å². The van der Waals surface area contributed by atoms with Gasteiger partial charge >= 0.3 is 5.97 Å². The van der Waals surface area contributed by atoms with Gasteiger partial charge in [0.05, 0.1) is 16.6 Å². The Bertz CT molecular complexity index is 960. The summed E-state index contributed by atoms with van der Waals surface area (Å²) in [5.41, 5.74) is 2.62. The molecule has 0 heterocycles. The molecule has 0 saturated carbocycles. The van der Waals surface area contributed by atoms with Crippen LogP contribution in [0.1, 0.15) is 54.2 Å². The van der Waals surface area contributed by atoms with E-state index < -0.39 is 24.5 Å². The van der Waals surface area contributed by atoms with Gasteiger partial charge in [0.25, 0.3) is 11.8 Å². The fraction of sp³-hybridized carbons (Fsp3) is 0.375. The van der Waals surface area contributed by atoms with Gasteiger partial charge in [0.15, 0.2) is 6.61 Å². The van der Waals surface area contributed by atoms with Gasteiger partial charge in [-0.3, -0.25) is 9.59 Å². The number of hydrogen-bond acceptors (Lipinski definition) is 4. The molecule has 2 N–H and O–H groups in total. The van der Waals surface area contributed by atoms with Crippen LogP contribution in [0.2, 0.25) is 5.02 Å². The van der Waals surface area contributed by atoms with Crippen LogP contribution in [0.3, 0.4) is 0 Å². The Kier molecular flexibility index (Phi) is 7.69. The molecule has 0 unspecified atom stereocenters. The molecule has 3 rings (SSSR count). The molecular weight excluding hydrogens is 416 g/mol. The average molecular weight is 443 g/mol. The number of rotatable bonds is 7. The molecule has 2 atom stereocenters. The smallest absolute Gasteiger partial charge is 0.329 e. The highest BCUT2D eigenvalue weighted by Gasteiger charge is 2.28. The Morgan fingerprint density at radius 3 is 2.55 bits per heavy atom. The third-order valence-corrected chi connectivity index (χ3v) is 5.71. The third kappa shape index (κ3) is 5.85. The minimum Gasteiger partial charge on any atom is -0.454 e. The molecule has 31 heavy (non-hydrogen) atoms. The molecule has 2 aromatic rings. The van der Waals surface area contributed by atoms with E-state index in [4.69, 9.17) is 16.3 Å². The predicted molar refractivity (Wildman–Crippen MR) is 119 cm³/mol. The lowest BCUT2D eigenvalue weighted by molar-refractivity contribution is -0.151. The molecule has 7 heteroatoms. The Labute approximate surface area is 187 Å². The average Bonchev–Trinajstić information content (AvgIpc) is 2.76. The van der Waals surface area contributed by atoms with Crippen LogP contribution in [0.15, 0.2) is 48.5 Å². The van der Waals surface area contributed by atoms with Crippen molar-refractivity contribution in [2.24, 2.45) is 5.92 Å². The largest absolute Gasteiger partial charge is 0.454 e. The van der Waals surface area contributed by atoms with Crippen molar-refractivity contribution in [3.05, 3.63) is 70.2 Å². The molecule has 0 radical (unpaired) electrons. The van der Waals surface area contributed by atoms with Gasteiger partial charge in [-0.1, -0.05) is 61.8 Å². The van der Waals surface area contributed by atoms with Crippen molar-refractivity contribution < 1.29 is 19.1 Å². The van der Waals surface area contributed by atoms with Crippen LogP contribution in [0, 0.1) is 5.92 Å². The molecule has 6 nitrogen and oxygen atoms in total. The minimum absolute atomic E-state index is 0.0861. The maximum Gasteiger partial charge on any atom is 0.329 e. The number of fused-ring (bicyclic) bond motifs is 1. The maximum absolute atomic E-state index is 12.6. The molecule has 1 aliphatic carbocycles. The van der Waals surface area contributed by atoms with Crippen LogP contribution >= 0.6 is 11.6 Å². The molecule has 0 bridgehead atoms. The molecule has 1 aliphatic rings. The first-order chi connectivity index (χ1) is 14.9. The van der Waals surface area contributed by atoms with Gasteiger partial charge in [0.1, 0.15) is 6.04 Å². The second kappa shape index (κ2) is 10.4. The van der Waals surface area contributed by atoms with Crippen LogP contribution in [0.5, 0.6) is 0 Å². The van der Waals surface area contributed by atoms with Gasteiger partial charge in [-0.25, -0.2) is 4.79 Å². The monoisotopic (exact) mass is 442 g/mol. The van der Waals surface area contributed by atoms with Gasteiger partial charge in [0.2, 0.25) is 0 Å². The summed E-state index contributed by atoms with van der Waals surface area (Å²) in [5, 5.41) is 5.91. The number of benzene rings is 2. The number of halogens is 1. The standard InChI is InChI=1S/C24H27ClN2O4/c1-15(2)22(27-23(29)18-11-5-6-12-19(18)25)24(30)31-14-21(28)26-20-13-7-9-16-8-3-4-10-17(16)20/h3-6,8,10-12,15,20,22H,7,9,13-14H2,1-2H3,(H,26,28)(H,27,29)/t20-,22+/m1/s1. The summed E-state index contributed by atoms with van der Waals surface area (Å²) in [4.78, 5) is 37.5. The van der Waals surface area contributed by atoms with Gasteiger partial charge < -0.3 is 15.4 Å². The Balaban J connectivity index is 1.56. The summed E-state index contributed by atoms with van der Waals surface area (Å²) in [6.07, 6.45) is 2.84. The number of amides is 2. The normalized spacial score (nSPS) is 16.2. The van der Waals surface area contributed by atoms with Crippen molar-refractivity contribution in [3.63, 3.8) is 0 Å². The van der Waals surface area contributed by atoms with E-state index in [1.165, 1.54) is 5.56 Å². The number of carbonyl (C=O) groups excluding carboxylic acids is 3. The number of hydrogen-bond donors (Lipinski definition) is 2. The van der Waals surface area contributed by atoms with Crippen LogP contribution in [-0.4, -0.2) is 30.4 Å². The summed E-state index contributed by atoms with van der Waals surface area (Å²) in [6.45, 7) is 3.18. The summed E-state index contributed by atoms with van der Waals surface area (Å²) in [6, 6.07) is 13.7. The van der Waals surface area contributed by atoms with E-state index in [0.717, 1.165) is 24.8 Å². The molecule has 0 aromatic heterocycles. The van der Waals surface area contributed by atoms with E-state index >= 15 is 0 Å². The van der Waals surface area contributed by atoms with E-state index in [2.05, 4.69) is 16.7 Å². The molecule has 164 valence electrons. The zero-order valence-electron chi connectivity index (χ0n) is 17.7. The molecule has 2 aromatic carbocycles. The predicted octanol–water partition coefficient (Wildman–Crippen LogP) is 3.83. The van der Waals surface area contributed by atoms with E-state index in [-0.39, 0.29) is 23.4 Å². The van der Waals surface area contributed by atoms with Gasteiger partial charge in [-0.15, -0.1) is 0 Å². The van der Waals surface area contributed by atoms with E-state index in [1.807, 2.05) is 18.2 Å². The summed E-state index contributed by atoms with van der Waals surface area (Å²) in [5.74, 6) is -1.72. The van der Waals surface area contributed by atoms with Gasteiger partial charge in [0, 0.05) is 0 Å². The zero-order chi connectivity index (χ0) is 22.4. The van der Waals surface area contributed by atoms with Crippen molar-refractivity contribution in [1.29, 1.82) is 0 Å². The van der Waals surface area contributed by atoms with Crippen molar-refractivity contribution in [2.45, 2.75) is 45.2 Å². The third-order valence-electron chi connectivity index (χ3n) is 5.38. The number of nitrogens with one attached hydrogen (secondary N) is 2. The highest BCUT2D eigenvalue weighted by Crippen LogP contribution is 2.29. The van der Waals surface area contributed by atoms with Crippen LogP contribution in [-0.2, 0) is 20.7 Å². The van der Waals surface area contributed by atoms with Crippen LogP contribution < -0.4 is 10.6 Å². The maximum atomic E-state index is 12.6. The lowest BCUT2D eigenvalue weighted by atomic mass is 9.88. The second-order valence-electron chi connectivity index (χ2n) is 7.99. The number of carbonyl (C=O) groups is 3. The highest BCUT2D eigenvalue weighted by atomic mass is 35.5. The first kappa shape index (κ1) is 22.8. The van der Waals surface area contributed by atoms with Crippen molar-refractivity contribution in [2.75, 3.05) is 6.61 Å². The number of aryl methyl sites for hydroxylation is 1. The Morgan fingerprint density at radius 2 is 1.81 bits per heavy atom. The Morgan fingerprint density at radius 1 is 1.10 bits per heavy atom. The van der Waals surface area contributed by atoms with Crippen molar-refractivity contribution in [1.82, 2.24) is 10.6 Å².